The third-order valence-corrected chi connectivity index (χ3v) is 2.18. The molecule has 1 heterocycles. The lowest BCUT2D eigenvalue weighted by Crippen LogP contribution is -2.30. The van der Waals surface area contributed by atoms with E-state index in [4.69, 9.17) is 4.74 Å². The van der Waals surface area contributed by atoms with Crippen molar-refractivity contribution in [1.29, 1.82) is 0 Å². The van der Waals surface area contributed by atoms with Gasteiger partial charge < -0.3 is 15.0 Å². The summed E-state index contributed by atoms with van der Waals surface area (Å²) in [4.78, 5) is 2.21. The fraction of sp³-hybridized carbons (Fsp3) is 1.00. The molecule has 11 heavy (non-hydrogen) atoms. The van der Waals surface area contributed by atoms with Gasteiger partial charge in [0.1, 0.15) is 0 Å². The first-order chi connectivity index (χ1) is 5.24. The summed E-state index contributed by atoms with van der Waals surface area (Å²) in [6.07, 6.45) is 0.414. The van der Waals surface area contributed by atoms with Crippen molar-refractivity contribution in [2.45, 2.75) is 6.10 Å². The van der Waals surface area contributed by atoms with Gasteiger partial charge >= 0.3 is 0 Å². The SMILES string of the molecule is CO[C@H]1CNC[C@@H]1CN(C)C. The maximum Gasteiger partial charge on any atom is 0.0748 e. The predicted octanol–water partition coefficient (Wildman–Crippen LogP) is -0.218. The van der Waals surface area contributed by atoms with Crippen molar-refractivity contribution in [1.82, 2.24) is 10.2 Å². The number of hydrogen-bond donors (Lipinski definition) is 1. The van der Waals surface area contributed by atoms with Gasteiger partial charge in [-0.05, 0) is 14.1 Å². The zero-order valence-electron chi connectivity index (χ0n) is 7.63. The number of nitrogens with one attached hydrogen (secondary N) is 1. The molecule has 3 heteroatoms. The Morgan fingerprint density at radius 3 is 2.73 bits per heavy atom. The van der Waals surface area contributed by atoms with Crippen LogP contribution < -0.4 is 5.32 Å². The number of ether oxygens (including phenoxy) is 1. The molecule has 1 aliphatic rings. The van der Waals surface area contributed by atoms with E-state index in [1.54, 1.807) is 7.11 Å². The minimum Gasteiger partial charge on any atom is -0.380 e. The summed E-state index contributed by atoms with van der Waals surface area (Å²) in [7, 11) is 6.00. The molecule has 0 saturated carbocycles. The van der Waals surface area contributed by atoms with Crippen LogP contribution in [-0.2, 0) is 4.74 Å². The lowest BCUT2D eigenvalue weighted by Gasteiger charge is -2.20. The van der Waals surface area contributed by atoms with Gasteiger partial charge in [-0.2, -0.15) is 0 Å². The first-order valence-corrected chi connectivity index (χ1v) is 4.12. The highest BCUT2D eigenvalue weighted by atomic mass is 16.5. The van der Waals surface area contributed by atoms with Crippen LogP contribution in [-0.4, -0.2) is 51.8 Å². The predicted molar refractivity (Wildman–Crippen MR) is 45.7 cm³/mol. The molecule has 0 spiro atoms. The van der Waals surface area contributed by atoms with Crippen LogP contribution in [0.15, 0.2) is 0 Å². The summed E-state index contributed by atoms with van der Waals surface area (Å²) < 4.78 is 5.34. The molecule has 1 saturated heterocycles. The molecule has 0 bridgehead atoms. The van der Waals surface area contributed by atoms with Gasteiger partial charge in [-0.25, -0.2) is 0 Å². The Kier molecular flexibility index (Phi) is 3.30. The third kappa shape index (κ3) is 2.43. The first kappa shape index (κ1) is 8.97. The normalized spacial score (nSPS) is 31.6. The van der Waals surface area contributed by atoms with Gasteiger partial charge in [0.15, 0.2) is 0 Å². The molecule has 1 aliphatic heterocycles. The van der Waals surface area contributed by atoms with Crippen LogP contribution in [0.3, 0.4) is 0 Å². The van der Waals surface area contributed by atoms with Gasteiger partial charge in [0.05, 0.1) is 6.10 Å². The molecule has 0 radical (unpaired) electrons. The van der Waals surface area contributed by atoms with E-state index in [2.05, 4.69) is 24.3 Å². The third-order valence-electron chi connectivity index (χ3n) is 2.18. The second-order valence-electron chi connectivity index (χ2n) is 3.45. The van der Waals surface area contributed by atoms with E-state index in [1.165, 1.54) is 0 Å². The summed E-state index contributed by atoms with van der Waals surface area (Å²) in [5.74, 6) is 0.662. The number of methoxy groups -OCH3 is 1. The average Bonchev–Trinajstić information content (AvgIpc) is 2.34. The number of rotatable bonds is 3. The van der Waals surface area contributed by atoms with E-state index in [-0.39, 0.29) is 0 Å². The minimum absolute atomic E-state index is 0.414. The van der Waals surface area contributed by atoms with Crippen LogP contribution in [0, 0.1) is 5.92 Å². The fourth-order valence-electron chi connectivity index (χ4n) is 1.64. The van der Waals surface area contributed by atoms with E-state index in [0.717, 1.165) is 19.6 Å². The lowest BCUT2D eigenvalue weighted by molar-refractivity contribution is 0.0729. The summed E-state index contributed by atoms with van der Waals surface area (Å²) >= 11 is 0. The Morgan fingerprint density at radius 2 is 2.18 bits per heavy atom. The van der Waals surface area contributed by atoms with E-state index in [1.807, 2.05) is 0 Å². The van der Waals surface area contributed by atoms with Crippen molar-refractivity contribution in [2.24, 2.45) is 5.92 Å². The van der Waals surface area contributed by atoms with Crippen LogP contribution in [0.1, 0.15) is 0 Å². The van der Waals surface area contributed by atoms with Crippen molar-refractivity contribution < 1.29 is 4.74 Å². The summed E-state index contributed by atoms with van der Waals surface area (Å²) in [5.41, 5.74) is 0. The van der Waals surface area contributed by atoms with Crippen molar-refractivity contribution in [2.75, 3.05) is 40.8 Å². The van der Waals surface area contributed by atoms with Crippen LogP contribution >= 0.6 is 0 Å². The summed E-state index contributed by atoms with van der Waals surface area (Å²) in [5, 5.41) is 3.33. The molecule has 1 rings (SSSR count). The van der Waals surface area contributed by atoms with Crippen LogP contribution in [0.5, 0.6) is 0 Å². The monoisotopic (exact) mass is 158 g/mol. The maximum absolute atomic E-state index is 5.34. The summed E-state index contributed by atoms with van der Waals surface area (Å²) in [6, 6.07) is 0. The highest BCUT2D eigenvalue weighted by molar-refractivity contribution is 4.82. The number of hydrogen-bond acceptors (Lipinski definition) is 3. The molecule has 0 aromatic heterocycles. The molecule has 3 nitrogen and oxygen atoms in total. The van der Waals surface area contributed by atoms with Gasteiger partial charge in [0.2, 0.25) is 0 Å². The molecule has 66 valence electrons. The van der Waals surface area contributed by atoms with Gasteiger partial charge in [-0.1, -0.05) is 0 Å². The van der Waals surface area contributed by atoms with Crippen molar-refractivity contribution in [3.8, 4) is 0 Å². The van der Waals surface area contributed by atoms with Gasteiger partial charge in [-0.15, -0.1) is 0 Å². The maximum atomic E-state index is 5.34. The Morgan fingerprint density at radius 1 is 1.45 bits per heavy atom. The molecule has 0 aromatic carbocycles. The molecule has 1 fully saturated rings. The van der Waals surface area contributed by atoms with Crippen LogP contribution in [0.2, 0.25) is 0 Å². The largest absolute Gasteiger partial charge is 0.380 e. The zero-order valence-corrected chi connectivity index (χ0v) is 7.63. The van der Waals surface area contributed by atoms with Crippen molar-refractivity contribution in [3.05, 3.63) is 0 Å². The van der Waals surface area contributed by atoms with Gasteiger partial charge in [0, 0.05) is 32.7 Å². The van der Waals surface area contributed by atoms with E-state index < -0.39 is 0 Å². The molecule has 1 N–H and O–H groups in total. The quantitative estimate of drug-likeness (QED) is 0.614. The lowest BCUT2D eigenvalue weighted by atomic mass is 10.1. The Labute approximate surface area is 68.7 Å². The smallest absolute Gasteiger partial charge is 0.0748 e. The highest BCUT2D eigenvalue weighted by Gasteiger charge is 2.26. The minimum atomic E-state index is 0.414. The zero-order chi connectivity index (χ0) is 8.27. The van der Waals surface area contributed by atoms with Gasteiger partial charge in [0.25, 0.3) is 0 Å². The molecule has 0 unspecified atom stereocenters. The highest BCUT2D eigenvalue weighted by Crippen LogP contribution is 2.12. The topological polar surface area (TPSA) is 24.5 Å². The Balaban J connectivity index is 2.31. The average molecular weight is 158 g/mol. The second kappa shape index (κ2) is 4.04. The van der Waals surface area contributed by atoms with E-state index >= 15 is 0 Å². The molecular formula is C8H18N2O. The first-order valence-electron chi connectivity index (χ1n) is 4.12. The molecular weight excluding hydrogens is 140 g/mol. The van der Waals surface area contributed by atoms with E-state index in [9.17, 15) is 0 Å². The molecule has 0 aromatic rings. The fourth-order valence-corrected chi connectivity index (χ4v) is 1.64. The summed E-state index contributed by atoms with van der Waals surface area (Å²) in [6.45, 7) is 3.22. The van der Waals surface area contributed by atoms with Crippen molar-refractivity contribution in [3.63, 3.8) is 0 Å². The van der Waals surface area contributed by atoms with Gasteiger partial charge in [-0.3, -0.25) is 0 Å². The standard InChI is InChI=1S/C8H18N2O/c1-10(2)6-7-4-9-5-8(7)11-3/h7-9H,4-6H2,1-3H3/t7-,8+/m1/s1. The van der Waals surface area contributed by atoms with Crippen LogP contribution in [0.25, 0.3) is 0 Å². The Bertz CT molecular complexity index is 117. The Hall–Kier alpha value is -0.120. The van der Waals surface area contributed by atoms with Crippen LogP contribution in [0.4, 0.5) is 0 Å². The number of nitrogens with zero attached hydrogens (tertiary/aromatic N) is 1. The second-order valence-corrected chi connectivity index (χ2v) is 3.45. The molecule has 0 amide bonds. The van der Waals surface area contributed by atoms with Crippen molar-refractivity contribution >= 4 is 0 Å². The molecule has 0 aliphatic carbocycles. The molecule has 2 atom stereocenters. The van der Waals surface area contributed by atoms with E-state index in [0.29, 0.717) is 12.0 Å².